The number of benzene rings is 1. The van der Waals surface area contributed by atoms with Crippen molar-refractivity contribution in [3.63, 3.8) is 0 Å². The van der Waals surface area contributed by atoms with Crippen LogP contribution in [0.25, 0.3) is 0 Å². The van der Waals surface area contributed by atoms with Gasteiger partial charge in [0.25, 0.3) is 5.91 Å². The molecule has 2 fully saturated rings. The van der Waals surface area contributed by atoms with Crippen molar-refractivity contribution in [1.29, 1.82) is 0 Å². The minimum absolute atomic E-state index is 0. The SMILES string of the molecule is Cl.O=C(NCC1CNC1)c1cccc(OC2CCCC2)c1. The second-order valence-electron chi connectivity index (χ2n) is 5.79. The Morgan fingerprint density at radius 3 is 2.71 bits per heavy atom. The smallest absolute Gasteiger partial charge is 0.251 e. The molecule has 116 valence electrons. The Morgan fingerprint density at radius 1 is 1.29 bits per heavy atom. The Labute approximate surface area is 132 Å². The maximum atomic E-state index is 12.1. The van der Waals surface area contributed by atoms with Crippen LogP contribution in [0.5, 0.6) is 5.75 Å². The summed E-state index contributed by atoms with van der Waals surface area (Å²) in [6, 6.07) is 7.53. The van der Waals surface area contributed by atoms with Gasteiger partial charge in [0.1, 0.15) is 5.75 Å². The van der Waals surface area contributed by atoms with Gasteiger partial charge in [-0.1, -0.05) is 6.07 Å². The molecule has 3 rings (SSSR count). The lowest BCUT2D eigenvalue weighted by Crippen LogP contribution is -2.48. The van der Waals surface area contributed by atoms with Gasteiger partial charge >= 0.3 is 0 Å². The number of rotatable bonds is 5. The molecule has 0 radical (unpaired) electrons. The predicted molar refractivity (Wildman–Crippen MR) is 85.3 cm³/mol. The van der Waals surface area contributed by atoms with Gasteiger partial charge in [0.05, 0.1) is 6.10 Å². The Kier molecular flexibility index (Phi) is 5.88. The third-order valence-electron chi connectivity index (χ3n) is 4.12. The van der Waals surface area contributed by atoms with Crippen LogP contribution < -0.4 is 15.4 Å². The highest BCUT2D eigenvalue weighted by Crippen LogP contribution is 2.24. The van der Waals surface area contributed by atoms with Gasteiger partial charge in [0.15, 0.2) is 0 Å². The van der Waals surface area contributed by atoms with Crippen molar-refractivity contribution >= 4 is 18.3 Å². The molecule has 0 unspecified atom stereocenters. The van der Waals surface area contributed by atoms with Gasteiger partial charge in [-0.05, 0) is 43.9 Å². The van der Waals surface area contributed by atoms with E-state index in [0.717, 1.165) is 38.2 Å². The lowest BCUT2D eigenvalue weighted by Gasteiger charge is -2.27. The van der Waals surface area contributed by atoms with Crippen molar-refractivity contribution in [2.45, 2.75) is 31.8 Å². The molecule has 0 aromatic heterocycles. The summed E-state index contributed by atoms with van der Waals surface area (Å²) in [4.78, 5) is 12.1. The fourth-order valence-electron chi connectivity index (χ4n) is 2.74. The normalized spacial score (nSPS) is 18.7. The van der Waals surface area contributed by atoms with Crippen LogP contribution in [0.3, 0.4) is 0 Å². The number of hydrogen-bond acceptors (Lipinski definition) is 3. The van der Waals surface area contributed by atoms with Gasteiger partial charge in [0, 0.05) is 31.1 Å². The highest BCUT2D eigenvalue weighted by molar-refractivity contribution is 5.94. The Hall–Kier alpha value is -1.26. The van der Waals surface area contributed by atoms with Crippen molar-refractivity contribution in [3.8, 4) is 5.75 Å². The van der Waals surface area contributed by atoms with E-state index >= 15 is 0 Å². The molecule has 0 spiro atoms. The summed E-state index contributed by atoms with van der Waals surface area (Å²) in [5, 5.41) is 6.19. The minimum atomic E-state index is -0.00577. The van der Waals surface area contributed by atoms with Crippen LogP contribution in [0.4, 0.5) is 0 Å². The number of amides is 1. The molecular formula is C16H23ClN2O2. The third kappa shape index (κ3) is 4.35. The fraction of sp³-hybridized carbons (Fsp3) is 0.562. The highest BCUT2D eigenvalue weighted by Gasteiger charge is 2.19. The van der Waals surface area contributed by atoms with Gasteiger partial charge in [-0.15, -0.1) is 12.4 Å². The number of halogens is 1. The molecule has 21 heavy (non-hydrogen) atoms. The van der Waals surface area contributed by atoms with Crippen LogP contribution in [0.1, 0.15) is 36.0 Å². The van der Waals surface area contributed by atoms with E-state index in [1.165, 1.54) is 12.8 Å². The zero-order valence-electron chi connectivity index (χ0n) is 12.1. The summed E-state index contributed by atoms with van der Waals surface area (Å²) in [7, 11) is 0. The van der Waals surface area contributed by atoms with Crippen LogP contribution in [0.15, 0.2) is 24.3 Å². The topological polar surface area (TPSA) is 50.4 Å². The molecule has 4 nitrogen and oxygen atoms in total. The van der Waals surface area contributed by atoms with Crippen molar-refractivity contribution < 1.29 is 9.53 Å². The summed E-state index contributed by atoms with van der Waals surface area (Å²) in [6.45, 7) is 2.76. The lowest BCUT2D eigenvalue weighted by atomic mass is 10.0. The van der Waals surface area contributed by atoms with Crippen molar-refractivity contribution in [2.75, 3.05) is 19.6 Å². The molecule has 1 amide bonds. The average molecular weight is 311 g/mol. The maximum Gasteiger partial charge on any atom is 0.251 e. The molecule has 1 aromatic carbocycles. The molecule has 5 heteroatoms. The Balaban J connectivity index is 0.00000161. The van der Waals surface area contributed by atoms with E-state index < -0.39 is 0 Å². The van der Waals surface area contributed by atoms with Gasteiger partial charge in [0.2, 0.25) is 0 Å². The first kappa shape index (κ1) is 16.1. The molecule has 1 heterocycles. The van der Waals surface area contributed by atoms with Crippen molar-refractivity contribution in [3.05, 3.63) is 29.8 Å². The van der Waals surface area contributed by atoms with Gasteiger partial charge in [-0.2, -0.15) is 0 Å². The van der Waals surface area contributed by atoms with Crippen molar-refractivity contribution in [1.82, 2.24) is 10.6 Å². The van der Waals surface area contributed by atoms with E-state index in [4.69, 9.17) is 4.74 Å². The zero-order valence-corrected chi connectivity index (χ0v) is 13.0. The van der Waals surface area contributed by atoms with E-state index in [9.17, 15) is 4.79 Å². The molecule has 1 saturated heterocycles. The first-order chi connectivity index (χ1) is 9.81. The van der Waals surface area contributed by atoms with Crippen molar-refractivity contribution in [2.24, 2.45) is 5.92 Å². The van der Waals surface area contributed by atoms with E-state index in [1.807, 2.05) is 24.3 Å². The second kappa shape index (κ2) is 7.66. The average Bonchev–Trinajstić information content (AvgIpc) is 2.90. The number of carbonyl (C=O) groups excluding carboxylic acids is 1. The number of hydrogen-bond donors (Lipinski definition) is 2. The lowest BCUT2D eigenvalue weighted by molar-refractivity contribution is 0.0941. The Morgan fingerprint density at radius 2 is 2.05 bits per heavy atom. The largest absolute Gasteiger partial charge is 0.490 e. The first-order valence-electron chi connectivity index (χ1n) is 7.57. The fourth-order valence-corrected chi connectivity index (χ4v) is 2.74. The molecule has 2 N–H and O–H groups in total. The van der Waals surface area contributed by atoms with E-state index in [-0.39, 0.29) is 18.3 Å². The summed E-state index contributed by atoms with van der Waals surface area (Å²) in [5.41, 5.74) is 0.688. The first-order valence-corrected chi connectivity index (χ1v) is 7.57. The molecule has 1 aromatic rings. The monoisotopic (exact) mass is 310 g/mol. The molecule has 1 aliphatic carbocycles. The van der Waals surface area contributed by atoms with Crippen LogP contribution in [-0.4, -0.2) is 31.6 Å². The minimum Gasteiger partial charge on any atom is -0.490 e. The predicted octanol–water partition coefficient (Wildman–Crippen LogP) is 2.38. The zero-order chi connectivity index (χ0) is 13.8. The van der Waals surface area contributed by atoms with Gasteiger partial charge < -0.3 is 15.4 Å². The quantitative estimate of drug-likeness (QED) is 0.878. The third-order valence-corrected chi connectivity index (χ3v) is 4.12. The highest BCUT2D eigenvalue weighted by atomic mass is 35.5. The molecule has 1 aliphatic heterocycles. The van der Waals surface area contributed by atoms with Crippen LogP contribution >= 0.6 is 12.4 Å². The summed E-state index contributed by atoms with van der Waals surface area (Å²) >= 11 is 0. The van der Waals surface area contributed by atoms with Crippen LogP contribution in [0, 0.1) is 5.92 Å². The van der Waals surface area contributed by atoms with E-state index in [2.05, 4.69) is 10.6 Å². The van der Waals surface area contributed by atoms with E-state index in [1.54, 1.807) is 0 Å². The molecule has 1 saturated carbocycles. The molecular weight excluding hydrogens is 288 g/mol. The standard InChI is InChI=1S/C16H22N2O2.ClH/c19-16(18-11-12-9-17-10-12)13-4-3-7-15(8-13)20-14-5-1-2-6-14;/h3-4,7-8,12,14,17H,1-2,5-6,9-11H2,(H,18,19);1H. The molecule has 0 atom stereocenters. The summed E-state index contributed by atoms with van der Waals surface area (Å²) < 4.78 is 5.93. The second-order valence-corrected chi connectivity index (χ2v) is 5.79. The van der Waals surface area contributed by atoms with Crippen LogP contribution in [-0.2, 0) is 0 Å². The van der Waals surface area contributed by atoms with Gasteiger partial charge in [-0.25, -0.2) is 0 Å². The van der Waals surface area contributed by atoms with Crippen LogP contribution in [0.2, 0.25) is 0 Å². The summed E-state index contributed by atoms with van der Waals surface area (Å²) in [6.07, 6.45) is 5.09. The van der Waals surface area contributed by atoms with Gasteiger partial charge in [-0.3, -0.25) is 4.79 Å². The molecule has 0 bridgehead atoms. The summed E-state index contributed by atoms with van der Waals surface area (Å²) in [5.74, 6) is 1.39. The number of nitrogens with one attached hydrogen (secondary N) is 2. The number of ether oxygens (including phenoxy) is 1. The Bertz CT molecular complexity index is 471. The molecule has 2 aliphatic rings. The number of carbonyl (C=O) groups is 1. The van der Waals surface area contributed by atoms with E-state index in [0.29, 0.717) is 17.6 Å². The maximum absolute atomic E-state index is 12.1.